The highest BCUT2D eigenvalue weighted by Crippen LogP contribution is 2.09. The van der Waals surface area contributed by atoms with Crippen molar-refractivity contribution in [2.75, 3.05) is 11.0 Å². The van der Waals surface area contributed by atoms with Gasteiger partial charge in [0.2, 0.25) is 0 Å². The fourth-order valence-corrected chi connectivity index (χ4v) is 1.84. The van der Waals surface area contributed by atoms with Gasteiger partial charge in [-0.15, -0.1) is 0 Å². The van der Waals surface area contributed by atoms with Crippen LogP contribution in [0.15, 0.2) is 0 Å². The maximum atomic E-state index is 10.8. The number of alkyl halides is 1. The van der Waals surface area contributed by atoms with E-state index in [1.165, 1.54) is 13.8 Å². The van der Waals surface area contributed by atoms with Crippen molar-refractivity contribution >= 4 is 34.5 Å². The van der Waals surface area contributed by atoms with E-state index in [-0.39, 0.29) is 18.0 Å². The number of carbonyl (C=O) groups excluding carboxylic acids is 2. The van der Waals surface area contributed by atoms with Gasteiger partial charge in [0.05, 0.1) is 6.61 Å². The highest BCUT2D eigenvalue weighted by atomic mass is 127. The first-order valence-corrected chi connectivity index (χ1v) is 6.45. The zero-order chi connectivity index (χ0) is 11.7. The summed E-state index contributed by atoms with van der Waals surface area (Å²) in [6.07, 6.45) is 2.28. The molecule has 0 spiro atoms. The summed E-state index contributed by atoms with van der Waals surface area (Å²) in [4.78, 5) is 21.2. The Morgan fingerprint density at radius 1 is 1.20 bits per heavy atom. The minimum atomic E-state index is -0.270. The first-order valence-electron chi connectivity index (χ1n) is 4.92. The van der Waals surface area contributed by atoms with Crippen LogP contribution < -0.4 is 0 Å². The zero-order valence-electron chi connectivity index (χ0n) is 9.12. The van der Waals surface area contributed by atoms with Gasteiger partial charge in [0, 0.05) is 18.3 Å². The monoisotopic (exact) mass is 328 g/mol. The second-order valence-corrected chi connectivity index (χ2v) is 4.27. The van der Waals surface area contributed by atoms with Gasteiger partial charge in [-0.25, -0.2) is 0 Å². The molecule has 0 saturated carbocycles. The third-order valence-electron chi connectivity index (χ3n) is 1.74. The molecule has 0 unspecified atom stereocenters. The Morgan fingerprint density at radius 2 is 1.87 bits per heavy atom. The quantitative estimate of drug-likeness (QED) is 0.311. The second kappa shape index (κ2) is 8.94. The van der Waals surface area contributed by atoms with Gasteiger partial charge in [0.15, 0.2) is 0 Å². The number of hydrogen-bond acceptors (Lipinski definition) is 4. The fourth-order valence-electron chi connectivity index (χ4n) is 1.15. The van der Waals surface area contributed by atoms with Gasteiger partial charge in [-0.2, -0.15) is 0 Å². The van der Waals surface area contributed by atoms with E-state index < -0.39 is 0 Å². The Morgan fingerprint density at radius 3 is 2.33 bits per heavy atom. The van der Waals surface area contributed by atoms with E-state index in [1.807, 2.05) is 0 Å². The first kappa shape index (κ1) is 14.7. The predicted molar refractivity (Wildman–Crippen MR) is 64.9 cm³/mol. The number of ether oxygens (including phenoxy) is 2. The third-order valence-corrected chi connectivity index (χ3v) is 2.36. The molecule has 0 amide bonds. The highest BCUT2D eigenvalue weighted by Gasteiger charge is 2.10. The van der Waals surface area contributed by atoms with Crippen LogP contribution in [0.1, 0.15) is 33.1 Å². The van der Waals surface area contributed by atoms with Crippen LogP contribution in [0.5, 0.6) is 0 Å². The Balaban J connectivity index is 3.65. The lowest BCUT2D eigenvalue weighted by molar-refractivity contribution is -0.148. The molecule has 0 heterocycles. The number of rotatable bonds is 7. The topological polar surface area (TPSA) is 52.6 Å². The summed E-state index contributed by atoms with van der Waals surface area (Å²) in [7, 11) is 0. The van der Waals surface area contributed by atoms with E-state index in [0.29, 0.717) is 6.61 Å². The lowest BCUT2D eigenvalue weighted by Gasteiger charge is -2.15. The molecule has 0 radical (unpaired) electrons. The Bertz CT molecular complexity index is 206. The largest absolute Gasteiger partial charge is 0.466 e. The van der Waals surface area contributed by atoms with Crippen LogP contribution in [0.2, 0.25) is 0 Å². The van der Waals surface area contributed by atoms with Crippen LogP contribution in [0.3, 0.4) is 0 Å². The van der Waals surface area contributed by atoms with Gasteiger partial charge in [-0.05, 0) is 19.3 Å². The van der Waals surface area contributed by atoms with Crippen LogP contribution in [-0.4, -0.2) is 29.1 Å². The fraction of sp³-hybridized carbons (Fsp3) is 0.800. The lowest BCUT2D eigenvalue weighted by Crippen LogP contribution is -2.17. The number of hydrogen-bond donors (Lipinski definition) is 0. The summed E-state index contributed by atoms with van der Waals surface area (Å²) in [6, 6.07) is 0. The van der Waals surface area contributed by atoms with Crippen molar-refractivity contribution in [2.24, 2.45) is 0 Å². The average Bonchev–Trinajstić information content (AvgIpc) is 2.11. The minimum absolute atomic E-state index is 0.0463. The van der Waals surface area contributed by atoms with Gasteiger partial charge < -0.3 is 9.47 Å². The molecule has 0 aliphatic carbocycles. The van der Waals surface area contributed by atoms with Gasteiger partial charge in [0.1, 0.15) is 6.10 Å². The summed E-state index contributed by atoms with van der Waals surface area (Å²) in [5, 5.41) is 0. The molecular weight excluding hydrogens is 311 g/mol. The van der Waals surface area contributed by atoms with Crippen molar-refractivity contribution in [3.63, 3.8) is 0 Å². The molecule has 15 heavy (non-hydrogen) atoms. The van der Waals surface area contributed by atoms with E-state index in [1.54, 1.807) is 0 Å². The number of carbonyl (C=O) groups is 2. The van der Waals surface area contributed by atoms with Crippen molar-refractivity contribution in [1.82, 2.24) is 0 Å². The van der Waals surface area contributed by atoms with Gasteiger partial charge in [-0.3, -0.25) is 9.59 Å². The van der Waals surface area contributed by atoms with Crippen molar-refractivity contribution in [3.8, 4) is 0 Å². The molecule has 0 fully saturated rings. The lowest BCUT2D eigenvalue weighted by atomic mass is 10.1. The molecule has 4 nitrogen and oxygen atoms in total. The molecule has 88 valence electrons. The number of esters is 2. The number of halogens is 1. The maximum absolute atomic E-state index is 10.8. The minimum Gasteiger partial charge on any atom is -0.466 e. The van der Waals surface area contributed by atoms with E-state index in [9.17, 15) is 9.59 Å². The zero-order valence-corrected chi connectivity index (χ0v) is 11.3. The molecule has 0 aromatic rings. The van der Waals surface area contributed by atoms with E-state index in [4.69, 9.17) is 9.47 Å². The molecule has 0 aliphatic rings. The van der Waals surface area contributed by atoms with E-state index in [0.717, 1.165) is 23.7 Å². The SMILES string of the molecule is CC(=O)OCCC[C@H](CCI)OC(C)=O. The Hall–Kier alpha value is -0.330. The van der Waals surface area contributed by atoms with E-state index >= 15 is 0 Å². The van der Waals surface area contributed by atoms with Crippen molar-refractivity contribution in [2.45, 2.75) is 39.2 Å². The molecule has 0 aliphatic heterocycles. The summed E-state index contributed by atoms with van der Waals surface area (Å²) in [5.74, 6) is -0.523. The summed E-state index contributed by atoms with van der Waals surface area (Å²) in [6.45, 7) is 3.19. The molecule has 0 N–H and O–H groups in total. The van der Waals surface area contributed by atoms with Crippen molar-refractivity contribution in [3.05, 3.63) is 0 Å². The maximum Gasteiger partial charge on any atom is 0.302 e. The molecule has 1 atom stereocenters. The van der Waals surface area contributed by atoms with Gasteiger partial charge in [-0.1, -0.05) is 22.6 Å². The smallest absolute Gasteiger partial charge is 0.302 e. The molecule has 0 aromatic heterocycles. The molecule has 0 bridgehead atoms. The Kier molecular flexibility index (Phi) is 8.74. The standard InChI is InChI=1S/C10H17IO4/c1-8(12)14-7-3-4-10(5-6-11)15-9(2)13/h10H,3-7H2,1-2H3/t10-/m1/s1. The Labute approximate surface area is 104 Å². The van der Waals surface area contributed by atoms with Gasteiger partial charge in [0.25, 0.3) is 0 Å². The van der Waals surface area contributed by atoms with Crippen LogP contribution in [0, 0.1) is 0 Å². The van der Waals surface area contributed by atoms with Crippen LogP contribution in [0.25, 0.3) is 0 Å². The van der Waals surface area contributed by atoms with Crippen molar-refractivity contribution in [1.29, 1.82) is 0 Å². The molecular formula is C10H17IO4. The summed E-state index contributed by atoms with van der Waals surface area (Å²) < 4.78 is 10.9. The second-order valence-electron chi connectivity index (χ2n) is 3.19. The summed E-state index contributed by atoms with van der Waals surface area (Å²) in [5.41, 5.74) is 0. The molecule has 0 aromatic carbocycles. The first-order chi connectivity index (χ1) is 7.06. The van der Waals surface area contributed by atoms with Crippen molar-refractivity contribution < 1.29 is 19.1 Å². The molecule has 5 heteroatoms. The highest BCUT2D eigenvalue weighted by molar-refractivity contribution is 14.1. The third kappa shape index (κ3) is 9.96. The predicted octanol–water partition coefficient (Wildman–Crippen LogP) is 2.09. The van der Waals surface area contributed by atoms with Gasteiger partial charge >= 0.3 is 11.9 Å². The van der Waals surface area contributed by atoms with E-state index in [2.05, 4.69) is 22.6 Å². The summed E-state index contributed by atoms with van der Waals surface area (Å²) >= 11 is 2.24. The van der Waals surface area contributed by atoms with Crippen LogP contribution in [-0.2, 0) is 19.1 Å². The normalized spacial score (nSPS) is 11.9. The molecule has 0 saturated heterocycles. The molecule has 0 rings (SSSR count). The van der Waals surface area contributed by atoms with Crippen LogP contribution >= 0.6 is 22.6 Å². The average molecular weight is 328 g/mol. The van der Waals surface area contributed by atoms with Crippen LogP contribution in [0.4, 0.5) is 0 Å².